The Balaban J connectivity index is 1.32. The van der Waals surface area contributed by atoms with Crippen LogP contribution in [0.2, 0.25) is 0 Å². The zero-order chi connectivity index (χ0) is 19.0. The third-order valence-corrected chi connectivity index (χ3v) is 6.34. The first-order chi connectivity index (χ1) is 12.9. The molecule has 0 radical (unpaired) electrons. The summed E-state index contributed by atoms with van der Waals surface area (Å²) in [7, 11) is 0. The van der Waals surface area contributed by atoms with Gasteiger partial charge in [0.1, 0.15) is 0 Å². The highest BCUT2D eigenvalue weighted by Gasteiger charge is 2.35. The Morgan fingerprint density at radius 1 is 0.963 bits per heavy atom. The molecule has 4 rings (SSSR count). The van der Waals surface area contributed by atoms with E-state index >= 15 is 0 Å². The summed E-state index contributed by atoms with van der Waals surface area (Å²) in [6, 6.07) is 15.9. The van der Waals surface area contributed by atoms with Gasteiger partial charge in [0, 0.05) is 13.1 Å². The lowest BCUT2D eigenvalue weighted by molar-refractivity contribution is -0.0569. The minimum atomic E-state index is -0.266. The molecule has 1 unspecified atom stereocenters. The number of hydrogen-bond donors (Lipinski definition) is 1. The zero-order valence-corrected chi connectivity index (χ0v) is 16.9. The first-order valence-electron chi connectivity index (χ1n) is 10.3. The summed E-state index contributed by atoms with van der Waals surface area (Å²) in [6.07, 6.45) is 1.18. The molecule has 2 aromatic rings. The van der Waals surface area contributed by atoms with Gasteiger partial charge < -0.3 is 10.5 Å². The largest absolute Gasteiger partial charge is 0.377 e. The molecule has 2 N–H and O–H groups in total. The molecule has 0 aliphatic carbocycles. The van der Waals surface area contributed by atoms with Crippen LogP contribution in [0.25, 0.3) is 0 Å². The summed E-state index contributed by atoms with van der Waals surface area (Å²) >= 11 is 0. The number of benzene rings is 2. The van der Waals surface area contributed by atoms with E-state index < -0.39 is 0 Å². The molecular weight excluding hydrogens is 332 g/mol. The molecule has 0 aromatic heterocycles. The van der Waals surface area contributed by atoms with Crippen LogP contribution in [0.1, 0.15) is 66.8 Å². The van der Waals surface area contributed by atoms with Crippen LogP contribution in [-0.4, -0.2) is 24.7 Å². The summed E-state index contributed by atoms with van der Waals surface area (Å²) in [5.41, 5.74) is 13.2. The predicted octanol–water partition coefficient (Wildman–Crippen LogP) is 4.50. The molecule has 2 aliphatic heterocycles. The Morgan fingerprint density at radius 3 is 2.26 bits per heavy atom. The van der Waals surface area contributed by atoms with Crippen molar-refractivity contribution in [3.63, 3.8) is 0 Å². The highest BCUT2D eigenvalue weighted by molar-refractivity contribution is 5.36. The summed E-state index contributed by atoms with van der Waals surface area (Å²) < 4.78 is 5.28. The quantitative estimate of drug-likeness (QED) is 0.820. The van der Waals surface area contributed by atoms with Crippen molar-refractivity contribution < 1.29 is 4.74 Å². The van der Waals surface area contributed by atoms with Crippen LogP contribution in [0.3, 0.4) is 0 Å². The molecule has 3 heteroatoms. The molecule has 1 saturated heterocycles. The van der Waals surface area contributed by atoms with Crippen molar-refractivity contribution in [3.8, 4) is 0 Å². The van der Waals surface area contributed by atoms with Crippen LogP contribution < -0.4 is 5.73 Å². The molecule has 0 spiro atoms. The zero-order valence-electron chi connectivity index (χ0n) is 16.9. The maximum Gasteiger partial charge on any atom is 0.0883 e. The Hall–Kier alpha value is -1.68. The Morgan fingerprint density at radius 2 is 1.63 bits per heavy atom. The van der Waals surface area contributed by atoms with E-state index in [1.165, 1.54) is 34.2 Å². The highest BCUT2D eigenvalue weighted by atomic mass is 16.5. The van der Waals surface area contributed by atoms with Crippen molar-refractivity contribution in [1.29, 1.82) is 0 Å². The summed E-state index contributed by atoms with van der Waals surface area (Å²) in [6.45, 7) is 11.5. The molecule has 0 saturated carbocycles. The van der Waals surface area contributed by atoms with Gasteiger partial charge in [-0.05, 0) is 52.6 Å². The van der Waals surface area contributed by atoms with E-state index in [0.29, 0.717) is 25.0 Å². The van der Waals surface area contributed by atoms with Gasteiger partial charge in [0.05, 0.1) is 18.8 Å². The topological polar surface area (TPSA) is 38.5 Å². The van der Waals surface area contributed by atoms with Crippen LogP contribution >= 0.6 is 0 Å². The molecular formula is C24H32N2O. The van der Waals surface area contributed by atoms with Gasteiger partial charge in [-0.15, -0.1) is 0 Å². The standard InChI is InChI=1S/C24H32N2O/c1-17(2)20-4-5-21-13-26(14-22(21)12-20)11-10-18(3)19-6-8-23(9-7-19)24(25)15-27-16-24/h4-9,12,17-18H,10-11,13-16,25H2,1-3H3. The molecule has 144 valence electrons. The third kappa shape index (κ3) is 3.82. The minimum absolute atomic E-state index is 0.266. The van der Waals surface area contributed by atoms with Gasteiger partial charge in [-0.25, -0.2) is 0 Å². The van der Waals surface area contributed by atoms with Crippen molar-refractivity contribution in [3.05, 3.63) is 70.3 Å². The number of hydrogen-bond acceptors (Lipinski definition) is 3. The van der Waals surface area contributed by atoms with Crippen molar-refractivity contribution in [2.45, 2.75) is 57.7 Å². The fourth-order valence-electron chi connectivity index (χ4n) is 4.18. The van der Waals surface area contributed by atoms with E-state index in [1.54, 1.807) is 0 Å². The maximum absolute atomic E-state index is 6.33. The van der Waals surface area contributed by atoms with Gasteiger partial charge in [0.2, 0.25) is 0 Å². The summed E-state index contributed by atoms with van der Waals surface area (Å²) in [4.78, 5) is 2.58. The smallest absolute Gasteiger partial charge is 0.0883 e. The van der Waals surface area contributed by atoms with E-state index in [1.807, 2.05) is 0 Å². The molecule has 1 atom stereocenters. The molecule has 27 heavy (non-hydrogen) atoms. The molecule has 2 heterocycles. The third-order valence-electron chi connectivity index (χ3n) is 6.34. The van der Waals surface area contributed by atoms with Crippen molar-refractivity contribution in [1.82, 2.24) is 4.90 Å². The molecule has 2 aromatic carbocycles. The Kier molecular flexibility index (Phi) is 5.11. The van der Waals surface area contributed by atoms with Gasteiger partial charge in [0.15, 0.2) is 0 Å². The number of nitrogens with two attached hydrogens (primary N) is 1. The first-order valence-corrected chi connectivity index (χ1v) is 10.3. The number of ether oxygens (including phenoxy) is 1. The van der Waals surface area contributed by atoms with Gasteiger partial charge in [-0.1, -0.05) is 63.2 Å². The second-order valence-corrected chi connectivity index (χ2v) is 8.85. The molecule has 2 aliphatic rings. The predicted molar refractivity (Wildman–Crippen MR) is 111 cm³/mol. The van der Waals surface area contributed by atoms with Crippen LogP contribution in [0.5, 0.6) is 0 Å². The van der Waals surface area contributed by atoms with E-state index in [9.17, 15) is 0 Å². The Bertz CT molecular complexity index is 793. The minimum Gasteiger partial charge on any atom is -0.377 e. The monoisotopic (exact) mass is 364 g/mol. The van der Waals surface area contributed by atoms with Crippen LogP contribution in [-0.2, 0) is 23.4 Å². The lowest BCUT2D eigenvalue weighted by Gasteiger charge is -2.38. The second-order valence-electron chi connectivity index (χ2n) is 8.85. The van der Waals surface area contributed by atoms with E-state index in [-0.39, 0.29) is 5.54 Å². The lowest BCUT2D eigenvalue weighted by atomic mass is 9.87. The van der Waals surface area contributed by atoms with Gasteiger partial charge in [0.25, 0.3) is 0 Å². The second kappa shape index (κ2) is 7.38. The Labute approximate surface area is 163 Å². The molecule has 1 fully saturated rings. The van der Waals surface area contributed by atoms with Crippen LogP contribution in [0.15, 0.2) is 42.5 Å². The van der Waals surface area contributed by atoms with Gasteiger partial charge in [-0.2, -0.15) is 0 Å². The van der Waals surface area contributed by atoms with E-state index in [0.717, 1.165) is 19.6 Å². The number of nitrogens with zero attached hydrogens (tertiary/aromatic N) is 1. The first kappa shape index (κ1) is 18.7. The fourth-order valence-corrected chi connectivity index (χ4v) is 4.18. The lowest BCUT2D eigenvalue weighted by Crippen LogP contribution is -2.54. The van der Waals surface area contributed by atoms with E-state index in [2.05, 4.69) is 68.1 Å². The highest BCUT2D eigenvalue weighted by Crippen LogP contribution is 2.30. The maximum atomic E-state index is 6.33. The fraction of sp³-hybridized carbons (Fsp3) is 0.500. The summed E-state index contributed by atoms with van der Waals surface area (Å²) in [5.74, 6) is 1.16. The normalized spacial score (nSPS) is 19.7. The van der Waals surface area contributed by atoms with Crippen molar-refractivity contribution in [2.75, 3.05) is 19.8 Å². The average Bonchev–Trinajstić information content (AvgIpc) is 3.06. The van der Waals surface area contributed by atoms with Crippen molar-refractivity contribution >= 4 is 0 Å². The molecule has 3 nitrogen and oxygen atoms in total. The molecule has 0 amide bonds. The van der Waals surface area contributed by atoms with Crippen molar-refractivity contribution in [2.24, 2.45) is 5.73 Å². The van der Waals surface area contributed by atoms with Crippen LogP contribution in [0, 0.1) is 0 Å². The number of fused-ring (bicyclic) bond motifs is 1. The van der Waals surface area contributed by atoms with Crippen LogP contribution in [0.4, 0.5) is 0 Å². The number of rotatable bonds is 6. The molecule has 0 bridgehead atoms. The average molecular weight is 365 g/mol. The summed E-state index contributed by atoms with van der Waals surface area (Å²) in [5, 5.41) is 0. The van der Waals surface area contributed by atoms with Gasteiger partial charge >= 0.3 is 0 Å². The SMILES string of the molecule is CC(C)c1ccc2c(c1)CN(CCC(C)c1ccc(C3(N)COC3)cc1)C2. The van der Waals surface area contributed by atoms with Gasteiger partial charge in [-0.3, -0.25) is 4.90 Å². The van der Waals surface area contributed by atoms with E-state index in [4.69, 9.17) is 10.5 Å².